The number of aromatic nitrogens is 1. The van der Waals surface area contributed by atoms with Gasteiger partial charge in [-0.25, -0.2) is 5.84 Å². The summed E-state index contributed by atoms with van der Waals surface area (Å²) < 4.78 is 0. The van der Waals surface area contributed by atoms with Gasteiger partial charge in [0.15, 0.2) is 0 Å². The van der Waals surface area contributed by atoms with Crippen LogP contribution in [0.5, 0.6) is 0 Å². The molecule has 0 bridgehead atoms. The van der Waals surface area contributed by atoms with Crippen LogP contribution in [0.15, 0.2) is 36.5 Å². The molecule has 0 aliphatic carbocycles. The van der Waals surface area contributed by atoms with E-state index in [2.05, 4.69) is 4.98 Å². The van der Waals surface area contributed by atoms with E-state index in [9.17, 15) is 0 Å². The SMILES string of the molecule is NC1C=Cc2ccc3cccnc3c2N1N. The van der Waals surface area contributed by atoms with Crippen molar-refractivity contribution in [3.05, 3.63) is 42.1 Å². The van der Waals surface area contributed by atoms with E-state index in [4.69, 9.17) is 11.6 Å². The Labute approximate surface area is 93.1 Å². The Balaban J connectivity index is 2.37. The summed E-state index contributed by atoms with van der Waals surface area (Å²) in [5.74, 6) is 5.97. The second-order valence-electron chi connectivity index (χ2n) is 3.84. The van der Waals surface area contributed by atoms with Crippen molar-refractivity contribution in [3.63, 3.8) is 0 Å². The van der Waals surface area contributed by atoms with E-state index in [-0.39, 0.29) is 6.17 Å². The Hall–Kier alpha value is -1.91. The Kier molecular flexibility index (Phi) is 1.92. The number of hydrogen-bond donors (Lipinski definition) is 2. The van der Waals surface area contributed by atoms with E-state index < -0.39 is 0 Å². The quantitative estimate of drug-likeness (QED) is 0.644. The molecule has 1 aliphatic rings. The molecule has 2 aromatic rings. The van der Waals surface area contributed by atoms with E-state index in [1.54, 1.807) is 11.2 Å². The fourth-order valence-corrected chi connectivity index (χ4v) is 2.00. The molecule has 4 N–H and O–H groups in total. The molecule has 0 saturated heterocycles. The molecule has 0 amide bonds. The smallest absolute Gasteiger partial charge is 0.111 e. The van der Waals surface area contributed by atoms with Gasteiger partial charge in [-0.15, -0.1) is 0 Å². The van der Waals surface area contributed by atoms with Crippen molar-refractivity contribution >= 4 is 22.7 Å². The largest absolute Gasteiger partial charge is 0.307 e. The minimum atomic E-state index is -0.292. The van der Waals surface area contributed by atoms with Crippen LogP contribution < -0.4 is 16.6 Å². The second kappa shape index (κ2) is 3.30. The Morgan fingerprint density at radius 1 is 1.25 bits per heavy atom. The molecule has 1 aliphatic heterocycles. The lowest BCUT2D eigenvalue weighted by Gasteiger charge is -2.29. The standard InChI is InChI=1S/C12H12N4/c13-10-6-5-9-4-3-8-2-1-7-15-11(8)12(9)16(10)14/h1-7,10H,13-14H2. The lowest BCUT2D eigenvalue weighted by molar-refractivity contribution is 0.738. The maximum atomic E-state index is 5.97. The third kappa shape index (κ3) is 1.21. The van der Waals surface area contributed by atoms with E-state index in [1.165, 1.54) is 0 Å². The first-order valence-electron chi connectivity index (χ1n) is 5.13. The van der Waals surface area contributed by atoms with Crippen LogP contribution in [0.1, 0.15) is 5.56 Å². The molecule has 1 unspecified atom stereocenters. The number of nitrogens with two attached hydrogens (primary N) is 2. The number of benzene rings is 1. The highest BCUT2D eigenvalue weighted by atomic mass is 15.5. The van der Waals surface area contributed by atoms with Crippen LogP contribution >= 0.6 is 0 Å². The van der Waals surface area contributed by atoms with Gasteiger partial charge in [0, 0.05) is 17.1 Å². The molecule has 0 fully saturated rings. The molecule has 0 radical (unpaired) electrons. The minimum absolute atomic E-state index is 0.292. The molecule has 3 rings (SSSR count). The highest BCUT2D eigenvalue weighted by Gasteiger charge is 2.19. The fraction of sp³-hybridized carbons (Fsp3) is 0.0833. The first-order valence-corrected chi connectivity index (χ1v) is 5.13. The summed E-state index contributed by atoms with van der Waals surface area (Å²) in [6.45, 7) is 0. The minimum Gasteiger partial charge on any atom is -0.307 e. The molecule has 2 heterocycles. The normalized spacial score (nSPS) is 18.9. The Bertz CT molecular complexity index is 576. The van der Waals surface area contributed by atoms with E-state index >= 15 is 0 Å². The maximum absolute atomic E-state index is 5.97. The van der Waals surface area contributed by atoms with Crippen molar-refractivity contribution in [3.8, 4) is 0 Å². The van der Waals surface area contributed by atoms with Gasteiger partial charge in [-0.2, -0.15) is 0 Å². The van der Waals surface area contributed by atoms with Gasteiger partial charge < -0.3 is 5.73 Å². The molecule has 4 nitrogen and oxygen atoms in total. The molecule has 1 aromatic heterocycles. The van der Waals surface area contributed by atoms with Gasteiger partial charge in [0.2, 0.25) is 0 Å². The molecule has 4 heteroatoms. The van der Waals surface area contributed by atoms with Gasteiger partial charge in [0.05, 0.1) is 11.2 Å². The molecule has 80 valence electrons. The van der Waals surface area contributed by atoms with Crippen molar-refractivity contribution < 1.29 is 0 Å². The Morgan fingerprint density at radius 3 is 3.00 bits per heavy atom. The van der Waals surface area contributed by atoms with Crippen molar-refractivity contribution in [2.45, 2.75) is 6.17 Å². The topological polar surface area (TPSA) is 68.2 Å². The van der Waals surface area contributed by atoms with E-state index in [0.29, 0.717) is 0 Å². The molecule has 1 aromatic carbocycles. The lowest BCUT2D eigenvalue weighted by atomic mass is 10.0. The summed E-state index contributed by atoms with van der Waals surface area (Å²) in [7, 11) is 0. The van der Waals surface area contributed by atoms with E-state index in [1.807, 2.05) is 36.4 Å². The molecular weight excluding hydrogens is 200 g/mol. The first-order chi connectivity index (χ1) is 7.77. The number of pyridine rings is 1. The number of hydrazine groups is 1. The second-order valence-corrected chi connectivity index (χ2v) is 3.84. The zero-order valence-corrected chi connectivity index (χ0v) is 8.67. The van der Waals surface area contributed by atoms with Crippen molar-refractivity contribution in [1.29, 1.82) is 0 Å². The van der Waals surface area contributed by atoms with Crippen LogP contribution in [-0.4, -0.2) is 11.1 Å². The zero-order chi connectivity index (χ0) is 11.1. The van der Waals surface area contributed by atoms with Crippen LogP contribution in [0.2, 0.25) is 0 Å². The van der Waals surface area contributed by atoms with Gasteiger partial charge in [0.25, 0.3) is 0 Å². The van der Waals surface area contributed by atoms with Gasteiger partial charge in [0.1, 0.15) is 6.17 Å². The highest BCUT2D eigenvalue weighted by Crippen LogP contribution is 2.31. The molecule has 1 atom stereocenters. The van der Waals surface area contributed by atoms with Gasteiger partial charge in [-0.3, -0.25) is 9.99 Å². The van der Waals surface area contributed by atoms with Crippen molar-refractivity contribution in [2.24, 2.45) is 11.6 Å². The van der Waals surface area contributed by atoms with Crippen LogP contribution in [0.3, 0.4) is 0 Å². The van der Waals surface area contributed by atoms with Gasteiger partial charge in [-0.1, -0.05) is 24.3 Å². The summed E-state index contributed by atoms with van der Waals surface area (Å²) in [5.41, 5.74) is 8.71. The van der Waals surface area contributed by atoms with Crippen molar-refractivity contribution in [1.82, 2.24) is 4.98 Å². The molecular formula is C12H12N4. The number of hydrogen-bond acceptors (Lipinski definition) is 4. The average Bonchev–Trinajstić information content (AvgIpc) is 2.33. The predicted molar refractivity (Wildman–Crippen MR) is 65.4 cm³/mol. The summed E-state index contributed by atoms with van der Waals surface area (Å²) in [6, 6.07) is 7.99. The summed E-state index contributed by atoms with van der Waals surface area (Å²) in [5, 5.41) is 2.63. The van der Waals surface area contributed by atoms with Crippen LogP contribution in [-0.2, 0) is 0 Å². The number of rotatable bonds is 0. The third-order valence-corrected chi connectivity index (χ3v) is 2.83. The average molecular weight is 212 g/mol. The van der Waals surface area contributed by atoms with Crippen LogP contribution in [0.25, 0.3) is 17.0 Å². The zero-order valence-electron chi connectivity index (χ0n) is 8.67. The number of nitrogens with zero attached hydrogens (tertiary/aromatic N) is 2. The number of fused-ring (bicyclic) bond motifs is 3. The predicted octanol–water partition coefficient (Wildman–Crippen LogP) is 1.23. The molecule has 16 heavy (non-hydrogen) atoms. The molecule has 0 saturated carbocycles. The fourth-order valence-electron chi connectivity index (χ4n) is 2.00. The van der Waals surface area contributed by atoms with Crippen LogP contribution in [0.4, 0.5) is 5.69 Å². The number of anilines is 1. The monoisotopic (exact) mass is 212 g/mol. The maximum Gasteiger partial charge on any atom is 0.111 e. The highest BCUT2D eigenvalue weighted by molar-refractivity contribution is 5.96. The van der Waals surface area contributed by atoms with Crippen LogP contribution in [0, 0.1) is 0 Å². The van der Waals surface area contributed by atoms with Crippen molar-refractivity contribution in [2.75, 3.05) is 5.01 Å². The van der Waals surface area contributed by atoms with Gasteiger partial charge in [-0.05, 0) is 12.1 Å². The summed E-state index contributed by atoms with van der Waals surface area (Å²) in [4.78, 5) is 4.37. The summed E-state index contributed by atoms with van der Waals surface area (Å²) >= 11 is 0. The van der Waals surface area contributed by atoms with Gasteiger partial charge >= 0.3 is 0 Å². The lowest BCUT2D eigenvalue weighted by Crippen LogP contribution is -2.47. The summed E-state index contributed by atoms with van der Waals surface area (Å²) in [6.07, 6.45) is 5.33. The molecule has 0 spiro atoms. The van der Waals surface area contributed by atoms with E-state index in [0.717, 1.165) is 22.2 Å². The third-order valence-electron chi connectivity index (χ3n) is 2.83. The first kappa shape index (κ1) is 9.33. The Morgan fingerprint density at radius 2 is 2.12 bits per heavy atom.